The number of ether oxygens (including phenoxy) is 1. The van der Waals surface area contributed by atoms with E-state index in [1.54, 1.807) is 18.2 Å². The summed E-state index contributed by atoms with van der Waals surface area (Å²) in [5.74, 6) is 0.529. The minimum absolute atomic E-state index is 0.00185. The second-order valence-electron chi connectivity index (χ2n) is 9.44. The minimum atomic E-state index is -0.449. The highest BCUT2D eigenvalue weighted by atomic mass is 16.6. The van der Waals surface area contributed by atoms with Crippen molar-refractivity contribution in [3.05, 3.63) is 145 Å². The molecule has 0 aliphatic heterocycles. The molecule has 0 saturated carbocycles. The first-order chi connectivity index (χ1) is 19.4. The first-order valence-electron chi connectivity index (χ1n) is 12.7. The fourth-order valence-corrected chi connectivity index (χ4v) is 4.34. The Bertz CT molecular complexity index is 1740. The van der Waals surface area contributed by atoms with Crippen LogP contribution in [0.2, 0.25) is 0 Å². The molecule has 1 heterocycles. The number of nitrogens with one attached hydrogen (secondary N) is 1. The number of fused-ring (bicyclic) bond motifs is 1. The van der Waals surface area contributed by atoms with Crippen LogP contribution in [0, 0.1) is 24.0 Å². The van der Waals surface area contributed by atoms with Gasteiger partial charge in [0.25, 0.3) is 5.69 Å². The van der Waals surface area contributed by atoms with E-state index in [2.05, 4.69) is 10.5 Å². The Hall–Kier alpha value is -5.24. The molecule has 0 unspecified atom stereocenters. The number of nitro groups is 1. The number of benzene rings is 4. The van der Waals surface area contributed by atoms with E-state index in [1.165, 1.54) is 12.1 Å². The molecule has 0 radical (unpaired) electrons. The monoisotopic (exact) mass is 533 g/mol. The van der Waals surface area contributed by atoms with E-state index in [9.17, 15) is 14.9 Å². The van der Waals surface area contributed by atoms with E-state index in [0.29, 0.717) is 34.7 Å². The summed E-state index contributed by atoms with van der Waals surface area (Å²) in [4.78, 5) is 23.3. The van der Waals surface area contributed by atoms with Gasteiger partial charge in [0.2, 0.25) is 0 Å². The molecule has 5 rings (SSSR count). The van der Waals surface area contributed by atoms with Crippen LogP contribution in [0.5, 0.6) is 5.75 Å². The third-order valence-corrected chi connectivity index (χ3v) is 6.64. The van der Waals surface area contributed by atoms with Gasteiger partial charge in [-0.15, -0.1) is 0 Å². The molecule has 1 N–H and O–H groups in total. The van der Waals surface area contributed by atoms with Gasteiger partial charge in [0.1, 0.15) is 23.7 Å². The highest BCUT2D eigenvalue weighted by Gasteiger charge is 2.14. The average molecular weight is 534 g/mol. The number of rotatable bonds is 9. The molecule has 5 aromatic rings. The standard InChI is InChI=1S/C32H27N3O5/c1-21-8-10-24(11-9-21)30(34-33-25-12-14-26(15-13-25)35(37)38)20-39-27-16-17-28-22(2)29(32(36)40-31(28)19-27)18-23-6-4-3-5-7-23/h3-17,19,33H,18,20H2,1-2H3. The van der Waals surface area contributed by atoms with Crippen LogP contribution in [-0.4, -0.2) is 17.2 Å². The van der Waals surface area contributed by atoms with Gasteiger partial charge in [0, 0.05) is 41.1 Å². The van der Waals surface area contributed by atoms with Crippen LogP contribution in [0.15, 0.2) is 111 Å². The first kappa shape index (κ1) is 26.4. The Morgan fingerprint density at radius 2 is 1.68 bits per heavy atom. The molecular formula is C32H27N3O5. The van der Waals surface area contributed by atoms with Crippen LogP contribution < -0.4 is 15.8 Å². The zero-order valence-electron chi connectivity index (χ0n) is 22.1. The van der Waals surface area contributed by atoms with Crippen molar-refractivity contribution in [3.63, 3.8) is 0 Å². The smallest absolute Gasteiger partial charge is 0.340 e. The van der Waals surface area contributed by atoms with Crippen molar-refractivity contribution in [1.29, 1.82) is 0 Å². The van der Waals surface area contributed by atoms with Crippen molar-refractivity contribution in [3.8, 4) is 5.75 Å². The van der Waals surface area contributed by atoms with Gasteiger partial charge in [-0.3, -0.25) is 15.5 Å². The van der Waals surface area contributed by atoms with Gasteiger partial charge in [0.15, 0.2) is 0 Å². The number of hydrogen-bond acceptors (Lipinski definition) is 7. The highest BCUT2D eigenvalue weighted by molar-refractivity contribution is 6.02. The van der Waals surface area contributed by atoms with Crippen molar-refractivity contribution >= 4 is 28.1 Å². The van der Waals surface area contributed by atoms with Gasteiger partial charge in [0.05, 0.1) is 10.6 Å². The average Bonchev–Trinajstić information content (AvgIpc) is 2.96. The quantitative estimate of drug-likeness (QED) is 0.0966. The second kappa shape index (κ2) is 11.7. The number of hydrazone groups is 1. The normalized spacial score (nSPS) is 11.4. The first-order valence-corrected chi connectivity index (χ1v) is 12.7. The molecule has 1 aromatic heterocycles. The van der Waals surface area contributed by atoms with Crippen LogP contribution >= 0.6 is 0 Å². The molecule has 0 saturated heterocycles. The van der Waals surface area contributed by atoms with Gasteiger partial charge in [-0.05, 0) is 49.2 Å². The highest BCUT2D eigenvalue weighted by Crippen LogP contribution is 2.25. The number of anilines is 1. The predicted octanol–water partition coefficient (Wildman–Crippen LogP) is 6.80. The third-order valence-electron chi connectivity index (χ3n) is 6.64. The second-order valence-corrected chi connectivity index (χ2v) is 9.44. The molecule has 0 fully saturated rings. The number of hydrogen-bond donors (Lipinski definition) is 1. The Balaban J connectivity index is 1.38. The summed E-state index contributed by atoms with van der Waals surface area (Å²) in [5, 5.41) is 16.3. The van der Waals surface area contributed by atoms with Crippen LogP contribution in [-0.2, 0) is 6.42 Å². The van der Waals surface area contributed by atoms with Crippen LogP contribution in [0.25, 0.3) is 11.0 Å². The Morgan fingerprint density at radius 1 is 0.950 bits per heavy atom. The maximum absolute atomic E-state index is 12.9. The van der Waals surface area contributed by atoms with Crippen LogP contribution in [0.3, 0.4) is 0 Å². The Morgan fingerprint density at radius 3 is 2.38 bits per heavy atom. The maximum atomic E-state index is 12.9. The topological polar surface area (TPSA) is 107 Å². The zero-order valence-corrected chi connectivity index (χ0v) is 22.1. The zero-order chi connectivity index (χ0) is 28.1. The molecule has 4 aromatic carbocycles. The maximum Gasteiger partial charge on any atom is 0.340 e. The van der Waals surface area contributed by atoms with E-state index >= 15 is 0 Å². The fourth-order valence-electron chi connectivity index (χ4n) is 4.34. The van der Waals surface area contributed by atoms with Crippen LogP contribution in [0.4, 0.5) is 11.4 Å². The molecule has 8 nitrogen and oxygen atoms in total. The lowest BCUT2D eigenvalue weighted by molar-refractivity contribution is -0.384. The lowest BCUT2D eigenvalue weighted by atomic mass is 10.00. The largest absolute Gasteiger partial charge is 0.487 e. The van der Waals surface area contributed by atoms with E-state index < -0.39 is 4.92 Å². The van der Waals surface area contributed by atoms with E-state index in [4.69, 9.17) is 9.15 Å². The van der Waals surface area contributed by atoms with Crippen LogP contribution in [0.1, 0.15) is 27.8 Å². The summed E-state index contributed by atoms with van der Waals surface area (Å²) >= 11 is 0. The Kier molecular flexibility index (Phi) is 7.68. The summed E-state index contributed by atoms with van der Waals surface area (Å²) < 4.78 is 11.8. The van der Waals surface area contributed by atoms with Gasteiger partial charge < -0.3 is 9.15 Å². The molecule has 0 aliphatic carbocycles. The summed E-state index contributed by atoms with van der Waals surface area (Å²) in [6, 6.07) is 29.2. The van der Waals surface area contributed by atoms with E-state index in [-0.39, 0.29) is 17.9 Å². The van der Waals surface area contributed by atoms with Crippen molar-refractivity contribution in [1.82, 2.24) is 0 Å². The predicted molar refractivity (Wildman–Crippen MR) is 156 cm³/mol. The lowest BCUT2D eigenvalue weighted by Gasteiger charge is -2.12. The molecule has 0 spiro atoms. The number of aryl methyl sites for hydroxylation is 2. The summed E-state index contributed by atoms with van der Waals surface area (Å²) in [5.41, 5.74) is 8.80. The molecular weight excluding hydrogens is 506 g/mol. The summed E-state index contributed by atoms with van der Waals surface area (Å²) in [6.45, 7) is 4.07. The van der Waals surface area contributed by atoms with Gasteiger partial charge >= 0.3 is 5.63 Å². The molecule has 8 heteroatoms. The summed E-state index contributed by atoms with van der Waals surface area (Å²) in [7, 11) is 0. The SMILES string of the molecule is Cc1ccc(C(COc2ccc3c(C)c(Cc4ccccc4)c(=O)oc3c2)=NNc2ccc([N+](=O)[O-])cc2)cc1. The molecule has 0 aliphatic rings. The van der Waals surface area contributed by atoms with Gasteiger partial charge in [-0.25, -0.2) is 4.79 Å². The van der Waals surface area contributed by atoms with Gasteiger partial charge in [-0.2, -0.15) is 5.10 Å². The molecule has 0 atom stereocenters. The van der Waals surface area contributed by atoms with Gasteiger partial charge in [-0.1, -0.05) is 60.2 Å². The number of nitro benzene ring substituents is 1. The van der Waals surface area contributed by atoms with Crippen molar-refractivity contribution in [2.24, 2.45) is 5.10 Å². The fraction of sp³-hybridized carbons (Fsp3) is 0.125. The third kappa shape index (κ3) is 6.07. The number of non-ortho nitro benzene ring substituents is 1. The molecule has 0 amide bonds. The minimum Gasteiger partial charge on any atom is -0.487 e. The lowest BCUT2D eigenvalue weighted by Crippen LogP contribution is -2.15. The Labute approximate surface area is 230 Å². The summed E-state index contributed by atoms with van der Waals surface area (Å²) in [6.07, 6.45) is 0.501. The van der Waals surface area contributed by atoms with E-state index in [1.807, 2.05) is 80.6 Å². The molecule has 0 bridgehead atoms. The number of nitrogens with zero attached hydrogens (tertiary/aromatic N) is 2. The van der Waals surface area contributed by atoms with Crippen molar-refractivity contribution in [2.75, 3.05) is 12.0 Å². The van der Waals surface area contributed by atoms with E-state index in [0.717, 1.165) is 27.6 Å². The molecule has 200 valence electrons. The van der Waals surface area contributed by atoms with Crippen molar-refractivity contribution < 1.29 is 14.1 Å². The van der Waals surface area contributed by atoms with Crippen molar-refractivity contribution in [2.45, 2.75) is 20.3 Å². The molecule has 40 heavy (non-hydrogen) atoms.